The van der Waals surface area contributed by atoms with E-state index in [1.165, 1.54) is 5.56 Å². The molecule has 0 bridgehead atoms. The molecule has 2 atom stereocenters. The van der Waals surface area contributed by atoms with Crippen LogP contribution in [0, 0.1) is 5.92 Å². The fraction of sp³-hybridized carbons (Fsp3) is 0.588. The van der Waals surface area contributed by atoms with Crippen molar-refractivity contribution in [2.45, 2.75) is 32.4 Å². The molecule has 1 saturated heterocycles. The van der Waals surface area contributed by atoms with Gasteiger partial charge in [0.05, 0.1) is 7.11 Å². The molecule has 0 spiro atoms. The van der Waals surface area contributed by atoms with E-state index < -0.39 is 12.0 Å². The van der Waals surface area contributed by atoms with Crippen molar-refractivity contribution >= 4 is 5.97 Å². The number of carbonyl (C=O) groups is 1. The normalized spacial score (nSPS) is 20.0. The number of benzene rings is 1. The van der Waals surface area contributed by atoms with Crippen LogP contribution in [0.4, 0.5) is 0 Å². The Kier molecular flexibility index (Phi) is 6.21. The maximum atomic E-state index is 11.2. The quantitative estimate of drug-likeness (QED) is 0.769. The minimum atomic E-state index is -0.740. The van der Waals surface area contributed by atoms with E-state index in [-0.39, 0.29) is 0 Å². The molecule has 2 N–H and O–H groups in total. The van der Waals surface area contributed by atoms with E-state index in [0.717, 1.165) is 31.8 Å². The molecular weight excluding hydrogens is 280 g/mol. The van der Waals surface area contributed by atoms with Crippen LogP contribution in [0.5, 0.6) is 5.75 Å². The molecule has 0 radical (unpaired) electrons. The average Bonchev–Trinajstić information content (AvgIpc) is 2.94. The molecule has 1 aromatic rings. The third-order valence-electron chi connectivity index (χ3n) is 4.25. The molecular formula is C17H26N2O3. The number of hydrogen-bond donors (Lipinski definition) is 2. The van der Waals surface area contributed by atoms with Gasteiger partial charge in [0.2, 0.25) is 0 Å². The molecule has 1 aliphatic heterocycles. The third kappa shape index (κ3) is 4.71. The minimum absolute atomic E-state index is 0.420. The van der Waals surface area contributed by atoms with Crippen LogP contribution < -0.4 is 10.1 Å². The molecule has 0 aromatic heterocycles. The van der Waals surface area contributed by atoms with Gasteiger partial charge in [-0.3, -0.25) is 9.69 Å². The predicted octanol–water partition coefficient (Wildman–Crippen LogP) is 1.97. The number of likely N-dealkylation sites (N-methyl/N-ethyl adjacent to an activating group) is 1. The number of methoxy groups -OCH3 is 1. The monoisotopic (exact) mass is 306 g/mol. The lowest BCUT2D eigenvalue weighted by atomic mass is 9.99. The molecule has 2 rings (SSSR count). The summed E-state index contributed by atoms with van der Waals surface area (Å²) in [6.45, 7) is 5.57. The molecule has 1 heterocycles. The highest BCUT2D eigenvalue weighted by molar-refractivity contribution is 5.73. The molecule has 0 amide bonds. The second kappa shape index (κ2) is 8.15. The zero-order valence-corrected chi connectivity index (χ0v) is 13.4. The van der Waals surface area contributed by atoms with E-state index in [4.69, 9.17) is 4.74 Å². The molecule has 5 heteroatoms. The second-order valence-corrected chi connectivity index (χ2v) is 5.92. The summed E-state index contributed by atoms with van der Waals surface area (Å²) in [4.78, 5) is 13.6. The molecule has 0 aliphatic carbocycles. The van der Waals surface area contributed by atoms with Gasteiger partial charge < -0.3 is 15.2 Å². The maximum absolute atomic E-state index is 11.2. The van der Waals surface area contributed by atoms with Crippen LogP contribution in [-0.4, -0.2) is 48.8 Å². The van der Waals surface area contributed by atoms with Crippen molar-refractivity contribution in [3.05, 3.63) is 29.8 Å². The van der Waals surface area contributed by atoms with Gasteiger partial charge in [-0.25, -0.2) is 0 Å². The highest BCUT2D eigenvalue weighted by Crippen LogP contribution is 2.23. The molecule has 1 aromatic carbocycles. The van der Waals surface area contributed by atoms with Crippen molar-refractivity contribution in [2.24, 2.45) is 5.92 Å². The largest absolute Gasteiger partial charge is 0.497 e. The van der Waals surface area contributed by atoms with E-state index in [2.05, 4.69) is 22.3 Å². The standard InChI is InChI=1S/C17H26N2O3/c1-3-18-16(17(20)21)10-14-8-9-19(12-14)11-13-4-6-15(22-2)7-5-13/h4-7,14,16,18H,3,8-12H2,1-2H3,(H,20,21). The van der Waals surface area contributed by atoms with Gasteiger partial charge >= 0.3 is 5.97 Å². The molecule has 22 heavy (non-hydrogen) atoms. The summed E-state index contributed by atoms with van der Waals surface area (Å²) < 4.78 is 5.17. The zero-order valence-electron chi connectivity index (χ0n) is 13.4. The number of nitrogens with one attached hydrogen (secondary N) is 1. The number of carboxylic acid groups (broad SMARTS) is 1. The number of nitrogens with zero attached hydrogens (tertiary/aromatic N) is 1. The van der Waals surface area contributed by atoms with Crippen LogP contribution in [0.15, 0.2) is 24.3 Å². The van der Waals surface area contributed by atoms with Crippen LogP contribution in [0.1, 0.15) is 25.3 Å². The van der Waals surface area contributed by atoms with Crippen molar-refractivity contribution in [3.63, 3.8) is 0 Å². The van der Waals surface area contributed by atoms with Gasteiger partial charge in [0.1, 0.15) is 11.8 Å². The Morgan fingerprint density at radius 2 is 2.18 bits per heavy atom. The number of rotatable bonds is 8. The molecule has 1 aliphatic rings. The number of hydrogen-bond acceptors (Lipinski definition) is 4. The summed E-state index contributed by atoms with van der Waals surface area (Å²) in [5.74, 6) is 0.590. The lowest BCUT2D eigenvalue weighted by Gasteiger charge is -2.19. The summed E-state index contributed by atoms with van der Waals surface area (Å²) in [6.07, 6.45) is 1.79. The first-order chi connectivity index (χ1) is 10.6. The summed E-state index contributed by atoms with van der Waals surface area (Å²) in [6, 6.07) is 7.72. The first-order valence-corrected chi connectivity index (χ1v) is 7.93. The number of ether oxygens (including phenoxy) is 1. The molecule has 122 valence electrons. The van der Waals surface area contributed by atoms with E-state index >= 15 is 0 Å². The summed E-state index contributed by atoms with van der Waals surface area (Å²) in [7, 11) is 1.67. The molecule has 0 saturated carbocycles. The predicted molar refractivity (Wildman–Crippen MR) is 86.1 cm³/mol. The first kappa shape index (κ1) is 16.8. The van der Waals surface area contributed by atoms with Crippen LogP contribution in [0.25, 0.3) is 0 Å². The van der Waals surface area contributed by atoms with Gasteiger partial charge in [-0.05, 0) is 49.5 Å². The van der Waals surface area contributed by atoms with Gasteiger partial charge in [0.15, 0.2) is 0 Å². The fourth-order valence-electron chi connectivity index (χ4n) is 3.09. The van der Waals surface area contributed by atoms with Gasteiger partial charge in [0.25, 0.3) is 0 Å². The Balaban J connectivity index is 1.82. The molecule has 2 unspecified atom stereocenters. The summed E-state index contributed by atoms with van der Waals surface area (Å²) in [5, 5.41) is 12.3. The van der Waals surface area contributed by atoms with Crippen molar-refractivity contribution in [1.29, 1.82) is 0 Å². The number of carboxylic acids is 1. The van der Waals surface area contributed by atoms with E-state index in [9.17, 15) is 9.90 Å². The second-order valence-electron chi connectivity index (χ2n) is 5.92. The van der Waals surface area contributed by atoms with Crippen LogP contribution in [-0.2, 0) is 11.3 Å². The van der Waals surface area contributed by atoms with Gasteiger partial charge in [-0.15, -0.1) is 0 Å². The maximum Gasteiger partial charge on any atom is 0.320 e. The minimum Gasteiger partial charge on any atom is -0.497 e. The van der Waals surface area contributed by atoms with Crippen molar-refractivity contribution < 1.29 is 14.6 Å². The van der Waals surface area contributed by atoms with E-state index in [1.807, 2.05) is 19.1 Å². The Bertz CT molecular complexity index is 475. The highest BCUT2D eigenvalue weighted by atomic mass is 16.5. The van der Waals surface area contributed by atoms with E-state index in [1.54, 1.807) is 7.11 Å². The van der Waals surface area contributed by atoms with Gasteiger partial charge in [0, 0.05) is 13.1 Å². The summed E-state index contributed by atoms with van der Waals surface area (Å²) >= 11 is 0. The number of aliphatic carboxylic acids is 1. The van der Waals surface area contributed by atoms with Gasteiger partial charge in [-0.2, -0.15) is 0 Å². The molecule has 5 nitrogen and oxygen atoms in total. The van der Waals surface area contributed by atoms with Crippen LogP contribution in [0.2, 0.25) is 0 Å². The van der Waals surface area contributed by atoms with E-state index in [0.29, 0.717) is 18.9 Å². The Labute approximate surface area is 132 Å². The average molecular weight is 306 g/mol. The van der Waals surface area contributed by atoms with Gasteiger partial charge in [-0.1, -0.05) is 19.1 Å². The van der Waals surface area contributed by atoms with Crippen molar-refractivity contribution in [3.8, 4) is 5.75 Å². The fourth-order valence-corrected chi connectivity index (χ4v) is 3.09. The third-order valence-corrected chi connectivity index (χ3v) is 4.25. The lowest BCUT2D eigenvalue weighted by Crippen LogP contribution is -2.38. The summed E-state index contributed by atoms with van der Waals surface area (Å²) in [5.41, 5.74) is 1.27. The smallest absolute Gasteiger partial charge is 0.320 e. The lowest BCUT2D eigenvalue weighted by molar-refractivity contribution is -0.139. The Morgan fingerprint density at radius 3 is 2.77 bits per heavy atom. The highest BCUT2D eigenvalue weighted by Gasteiger charge is 2.27. The van der Waals surface area contributed by atoms with Crippen LogP contribution in [0.3, 0.4) is 0 Å². The Hall–Kier alpha value is -1.59. The first-order valence-electron chi connectivity index (χ1n) is 7.93. The SMILES string of the molecule is CCNC(CC1CCN(Cc2ccc(OC)cc2)C1)C(=O)O. The Morgan fingerprint density at radius 1 is 1.45 bits per heavy atom. The topological polar surface area (TPSA) is 61.8 Å². The number of likely N-dealkylation sites (tertiary alicyclic amines) is 1. The van der Waals surface area contributed by atoms with Crippen molar-refractivity contribution in [1.82, 2.24) is 10.2 Å². The van der Waals surface area contributed by atoms with Crippen LogP contribution >= 0.6 is 0 Å². The molecule has 1 fully saturated rings. The van der Waals surface area contributed by atoms with Crippen molar-refractivity contribution in [2.75, 3.05) is 26.7 Å². The zero-order chi connectivity index (χ0) is 15.9.